The molecule has 0 radical (unpaired) electrons. The molecule has 2 rings (SSSR count). The Hall–Kier alpha value is -0.640. The fourth-order valence-electron chi connectivity index (χ4n) is 1.96. The summed E-state index contributed by atoms with van der Waals surface area (Å²) in [5.74, 6) is 0. The lowest BCUT2D eigenvalue weighted by atomic mass is 9.95. The SMILES string of the molecule is CCc1ccsc1C(N)c1ccc(C(C)(C)C)s1. The van der Waals surface area contributed by atoms with Gasteiger partial charge in [0.2, 0.25) is 0 Å². The third kappa shape index (κ3) is 2.68. The van der Waals surface area contributed by atoms with E-state index in [2.05, 4.69) is 51.3 Å². The molecule has 1 unspecified atom stereocenters. The van der Waals surface area contributed by atoms with E-state index in [0.29, 0.717) is 0 Å². The number of rotatable bonds is 3. The Bertz CT molecular complexity index is 517. The van der Waals surface area contributed by atoms with E-state index in [0.717, 1.165) is 6.42 Å². The topological polar surface area (TPSA) is 26.0 Å². The predicted molar refractivity (Wildman–Crippen MR) is 82.7 cm³/mol. The van der Waals surface area contributed by atoms with Crippen molar-refractivity contribution in [1.29, 1.82) is 0 Å². The second-order valence-corrected chi connectivity index (χ2v) is 7.66. The molecule has 0 aromatic carbocycles. The van der Waals surface area contributed by atoms with E-state index in [1.165, 1.54) is 20.2 Å². The van der Waals surface area contributed by atoms with E-state index in [4.69, 9.17) is 5.73 Å². The molecule has 0 aliphatic rings. The van der Waals surface area contributed by atoms with Gasteiger partial charge in [0.15, 0.2) is 0 Å². The molecule has 0 amide bonds. The predicted octanol–water partition coefficient (Wildman–Crippen LogP) is 4.72. The summed E-state index contributed by atoms with van der Waals surface area (Å²) in [5.41, 5.74) is 8.02. The second-order valence-electron chi connectivity index (χ2n) is 5.59. The number of aryl methyl sites for hydroxylation is 1. The lowest BCUT2D eigenvalue weighted by Crippen LogP contribution is -2.10. The van der Waals surface area contributed by atoms with Crippen molar-refractivity contribution in [3.63, 3.8) is 0 Å². The molecule has 0 bridgehead atoms. The number of thiophene rings is 2. The molecular weight excluding hydrogens is 258 g/mol. The summed E-state index contributed by atoms with van der Waals surface area (Å²) >= 11 is 3.62. The van der Waals surface area contributed by atoms with Crippen molar-refractivity contribution < 1.29 is 0 Å². The maximum atomic E-state index is 6.41. The smallest absolute Gasteiger partial charge is 0.0742 e. The summed E-state index contributed by atoms with van der Waals surface area (Å²) in [4.78, 5) is 4.00. The fraction of sp³-hybridized carbons (Fsp3) is 0.467. The minimum Gasteiger partial charge on any atom is -0.319 e. The molecule has 0 saturated heterocycles. The van der Waals surface area contributed by atoms with Gasteiger partial charge in [0.25, 0.3) is 0 Å². The van der Waals surface area contributed by atoms with Crippen molar-refractivity contribution in [3.8, 4) is 0 Å². The Morgan fingerprint density at radius 3 is 2.50 bits per heavy atom. The van der Waals surface area contributed by atoms with Gasteiger partial charge in [0.1, 0.15) is 0 Å². The van der Waals surface area contributed by atoms with Gasteiger partial charge in [0, 0.05) is 14.6 Å². The molecule has 2 aromatic rings. The van der Waals surface area contributed by atoms with Gasteiger partial charge >= 0.3 is 0 Å². The maximum absolute atomic E-state index is 6.41. The van der Waals surface area contributed by atoms with Crippen LogP contribution in [0.5, 0.6) is 0 Å². The van der Waals surface area contributed by atoms with E-state index in [-0.39, 0.29) is 11.5 Å². The van der Waals surface area contributed by atoms with E-state index >= 15 is 0 Å². The van der Waals surface area contributed by atoms with Crippen molar-refractivity contribution >= 4 is 22.7 Å². The highest BCUT2D eigenvalue weighted by atomic mass is 32.1. The van der Waals surface area contributed by atoms with Gasteiger partial charge in [-0.25, -0.2) is 0 Å². The van der Waals surface area contributed by atoms with Crippen LogP contribution >= 0.6 is 22.7 Å². The van der Waals surface area contributed by atoms with Crippen molar-refractivity contribution in [2.75, 3.05) is 0 Å². The summed E-state index contributed by atoms with van der Waals surface area (Å²) in [6.45, 7) is 8.93. The Morgan fingerprint density at radius 1 is 1.22 bits per heavy atom. The molecule has 18 heavy (non-hydrogen) atoms. The highest BCUT2D eigenvalue weighted by Gasteiger charge is 2.20. The van der Waals surface area contributed by atoms with E-state index < -0.39 is 0 Å². The molecule has 98 valence electrons. The second kappa shape index (κ2) is 5.16. The normalized spacial score (nSPS) is 13.8. The van der Waals surface area contributed by atoms with Gasteiger partial charge in [-0.05, 0) is 41.0 Å². The van der Waals surface area contributed by atoms with Crippen LogP contribution in [0.15, 0.2) is 23.6 Å². The monoisotopic (exact) mass is 279 g/mol. The Kier molecular flexibility index (Phi) is 3.95. The van der Waals surface area contributed by atoms with Gasteiger partial charge in [0.05, 0.1) is 6.04 Å². The van der Waals surface area contributed by atoms with Crippen LogP contribution in [0.4, 0.5) is 0 Å². The average Bonchev–Trinajstić information content (AvgIpc) is 2.96. The summed E-state index contributed by atoms with van der Waals surface area (Å²) in [6.07, 6.45) is 1.06. The molecule has 2 heterocycles. The quantitative estimate of drug-likeness (QED) is 0.864. The van der Waals surface area contributed by atoms with Gasteiger partial charge in [-0.15, -0.1) is 22.7 Å². The Balaban J connectivity index is 2.29. The van der Waals surface area contributed by atoms with Crippen molar-refractivity contribution in [1.82, 2.24) is 0 Å². The van der Waals surface area contributed by atoms with E-state index in [9.17, 15) is 0 Å². The zero-order valence-corrected chi connectivity index (χ0v) is 13.1. The van der Waals surface area contributed by atoms with Crippen LogP contribution in [-0.2, 0) is 11.8 Å². The molecule has 2 N–H and O–H groups in total. The Labute approximate surface area is 118 Å². The zero-order chi connectivity index (χ0) is 13.3. The van der Waals surface area contributed by atoms with Crippen molar-refractivity contribution in [2.45, 2.75) is 45.6 Å². The molecule has 0 saturated carbocycles. The summed E-state index contributed by atoms with van der Waals surface area (Å²) in [5, 5.41) is 2.15. The van der Waals surface area contributed by atoms with Crippen LogP contribution in [-0.4, -0.2) is 0 Å². The number of hydrogen-bond acceptors (Lipinski definition) is 3. The van der Waals surface area contributed by atoms with Crippen LogP contribution in [0.3, 0.4) is 0 Å². The fourth-order valence-corrected chi connectivity index (χ4v) is 4.13. The summed E-state index contributed by atoms with van der Waals surface area (Å²) < 4.78 is 0. The summed E-state index contributed by atoms with van der Waals surface area (Å²) in [7, 11) is 0. The largest absolute Gasteiger partial charge is 0.319 e. The molecule has 0 spiro atoms. The van der Waals surface area contributed by atoms with Crippen LogP contribution in [0.2, 0.25) is 0 Å². The van der Waals surface area contributed by atoms with E-state index in [1.54, 1.807) is 11.3 Å². The van der Waals surface area contributed by atoms with E-state index in [1.807, 2.05) is 11.3 Å². The Morgan fingerprint density at radius 2 is 1.94 bits per heavy atom. The van der Waals surface area contributed by atoms with Gasteiger partial charge < -0.3 is 5.73 Å². The molecule has 0 fully saturated rings. The first-order valence-corrected chi connectivity index (χ1v) is 8.05. The van der Waals surface area contributed by atoms with Crippen LogP contribution in [0.25, 0.3) is 0 Å². The highest BCUT2D eigenvalue weighted by molar-refractivity contribution is 7.13. The van der Waals surface area contributed by atoms with Crippen LogP contribution in [0.1, 0.15) is 53.9 Å². The third-order valence-corrected chi connectivity index (χ3v) is 5.75. The van der Waals surface area contributed by atoms with Crippen molar-refractivity contribution in [3.05, 3.63) is 43.8 Å². The molecule has 2 aromatic heterocycles. The van der Waals surface area contributed by atoms with Crippen LogP contribution < -0.4 is 5.73 Å². The summed E-state index contributed by atoms with van der Waals surface area (Å²) in [6, 6.07) is 6.65. The minimum atomic E-state index is 0.0426. The lowest BCUT2D eigenvalue weighted by molar-refractivity contribution is 0.604. The first-order chi connectivity index (χ1) is 8.43. The minimum absolute atomic E-state index is 0.0426. The molecule has 3 heteroatoms. The molecule has 0 aliphatic carbocycles. The molecular formula is C15H21NS2. The lowest BCUT2D eigenvalue weighted by Gasteiger charge is -2.16. The van der Waals surface area contributed by atoms with Gasteiger partial charge in [-0.3, -0.25) is 0 Å². The molecule has 1 atom stereocenters. The van der Waals surface area contributed by atoms with Crippen molar-refractivity contribution in [2.24, 2.45) is 5.73 Å². The van der Waals surface area contributed by atoms with Gasteiger partial charge in [-0.1, -0.05) is 27.7 Å². The average molecular weight is 279 g/mol. The molecule has 1 nitrogen and oxygen atoms in total. The van der Waals surface area contributed by atoms with Crippen LogP contribution in [0, 0.1) is 0 Å². The first kappa shape index (κ1) is 13.8. The highest BCUT2D eigenvalue weighted by Crippen LogP contribution is 2.36. The standard InChI is InChI=1S/C15H21NS2/c1-5-10-8-9-17-14(10)13(16)11-6-7-12(18-11)15(2,3)4/h6-9,13H,5,16H2,1-4H3. The first-order valence-electron chi connectivity index (χ1n) is 6.35. The number of hydrogen-bond donors (Lipinski definition) is 1. The van der Waals surface area contributed by atoms with Gasteiger partial charge in [-0.2, -0.15) is 0 Å². The number of nitrogens with two attached hydrogens (primary N) is 1. The zero-order valence-electron chi connectivity index (χ0n) is 11.5. The molecule has 0 aliphatic heterocycles. The maximum Gasteiger partial charge on any atom is 0.0742 e. The third-order valence-electron chi connectivity index (χ3n) is 3.12.